The monoisotopic (exact) mass is 236 g/mol. The minimum absolute atomic E-state index is 0.113. The molecule has 0 saturated carbocycles. The van der Waals surface area contributed by atoms with Gasteiger partial charge in [-0.1, -0.05) is 54.1 Å². The van der Waals surface area contributed by atoms with Crippen molar-refractivity contribution in [3.63, 3.8) is 0 Å². The molecule has 0 N–H and O–H groups in total. The van der Waals surface area contributed by atoms with Crippen molar-refractivity contribution in [2.75, 3.05) is 0 Å². The molecule has 18 heavy (non-hydrogen) atoms. The summed E-state index contributed by atoms with van der Waals surface area (Å²) in [5.74, 6) is 0.959. The number of ether oxygens (including phenoxy) is 1. The third-order valence-corrected chi connectivity index (χ3v) is 3.36. The van der Waals surface area contributed by atoms with E-state index in [2.05, 4.69) is 68.5 Å². The number of hydrogen-bond donors (Lipinski definition) is 0. The standard InChI is InChI=1S/C17H16O/c1-12-7-9-14(10-8-12)17-11-15-5-3-4-6-16(15)13(2)18-17/h3-11,13H,1-2H3/t13-/m1/s1. The van der Waals surface area contributed by atoms with E-state index in [1.54, 1.807) is 0 Å². The van der Waals surface area contributed by atoms with Gasteiger partial charge in [0.25, 0.3) is 0 Å². The van der Waals surface area contributed by atoms with Crippen LogP contribution >= 0.6 is 0 Å². The van der Waals surface area contributed by atoms with Crippen molar-refractivity contribution in [2.45, 2.75) is 20.0 Å². The average molecular weight is 236 g/mol. The third-order valence-electron chi connectivity index (χ3n) is 3.36. The molecule has 1 aliphatic rings. The second-order valence-electron chi connectivity index (χ2n) is 4.76. The molecule has 0 unspecified atom stereocenters. The second-order valence-corrected chi connectivity index (χ2v) is 4.76. The number of hydrogen-bond acceptors (Lipinski definition) is 1. The van der Waals surface area contributed by atoms with Crippen molar-refractivity contribution in [1.29, 1.82) is 0 Å². The van der Waals surface area contributed by atoms with Gasteiger partial charge in [0.1, 0.15) is 11.9 Å². The highest BCUT2D eigenvalue weighted by molar-refractivity contribution is 5.80. The van der Waals surface area contributed by atoms with E-state index in [0.717, 1.165) is 11.3 Å². The number of rotatable bonds is 1. The lowest BCUT2D eigenvalue weighted by molar-refractivity contribution is 0.186. The SMILES string of the molecule is Cc1ccc(C2=Cc3ccccc3[C@@H](C)O2)cc1. The molecule has 3 rings (SSSR count). The Morgan fingerprint density at radius 1 is 0.944 bits per heavy atom. The highest BCUT2D eigenvalue weighted by Gasteiger charge is 2.18. The van der Waals surface area contributed by atoms with Gasteiger partial charge in [-0.3, -0.25) is 0 Å². The Morgan fingerprint density at radius 3 is 2.44 bits per heavy atom. The van der Waals surface area contributed by atoms with Gasteiger partial charge in [-0.2, -0.15) is 0 Å². The first-order valence-electron chi connectivity index (χ1n) is 6.28. The smallest absolute Gasteiger partial charge is 0.128 e. The Hall–Kier alpha value is -2.02. The minimum atomic E-state index is 0.113. The van der Waals surface area contributed by atoms with Crippen LogP contribution in [0.2, 0.25) is 0 Å². The Bertz CT molecular complexity index is 593. The molecule has 0 bridgehead atoms. The van der Waals surface area contributed by atoms with Gasteiger partial charge in [-0.05, 0) is 31.1 Å². The molecule has 1 atom stereocenters. The maximum Gasteiger partial charge on any atom is 0.128 e. The zero-order chi connectivity index (χ0) is 12.5. The molecule has 0 spiro atoms. The van der Waals surface area contributed by atoms with Crippen LogP contribution < -0.4 is 0 Å². The summed E-state index contributed by atoms with van der Waals surface area (Å²) in [6, 6.07) is 16.9. The molecule has 1 nitrogen and oxygen atoms in total. The van der Waals surface area contributed by atoms with E-state index < -0.39 is 0 Å². The summed E-state index contributed by atoms with van der Waals surface area (Å²) >= 11 is 0. The first kappa shape index (κ1) is 11.1. The summed E-state index contributed by atoms with van der Waals surface area (Å²) in [6.45, 7) is 4.19. The summed E-state index contributed by atoms with van der Waals surface area (Å²) in [6.07, 6.45) is 2.24. The summed E-state index contributed by atoms with van der Waals surface area (Å²) < 4.78 is 6.00. The Morgan fingerprint density at radius 2 is 1.67 bits per heavy atom. The summed E-state index contributed by atoms with van der Waals surface area (Å²) in [5.41, 5.74) is 4.92. The van der Waals surface area contributed by atoms with Crippen LogP contribution in [-0.2, 0) is 4.74 Å². The summed E-state index contributed by atoms with van der Waals surface area (Å²) in [4.78, 5) is 0. The first-order valence-corrected chi connectivity index (χ1v) is 6.28. The van der Waals surface area contributed by atoms with Crippen molar-refractivity contribution in [1.82, 2.24) is 0 Å². The molecule has 1 heteroatoms. The molecule has 1 aliphatic heterocycles. The Labute approximate surface area is 108 Å². The van der Waals surface area contributed by atoms with Gasteiger partial charge in [0.05, 0.1) is 0 Å². The van der Waals surface area contributed by atoms with Crippen molar-refractivity contribution in [2.24, 2.45) is 0 Å². The Balaban J connectivity index is 2.05. The highest BCUT2D eigenvalue weighted by Crippen LogP contribution is 2.34. The highest BCUT2D eigenvalue weighted by atomic mass is 16.5. The normalized spacial score (nSPS) is 17.7. The van der Waals surface area contributed by atoms with Crippen LogP contribution in [0.1, 0.15) is 35.3 Å². The van der Waals surface area contributed by atoms with Crippen LogP contribution in [0.15, 0.2) is 48.5 Å². The zero-order valence-electron chi connectivity index (χ0n) is 10.7. The van der Waals surface area contributed by atoms with Crippen molar-refractivity contribution in [3.05, 3.63) is 70.8 Å². The van der Waals surface area contributed by atoms with Crippen LogP contribution in [0.25, 0.3) is 11.8 Å². The van der Waals surface area contributed by atoms with Crippen LogP contribution in [0.4, 0.5) is 0 Å². The van der Waals surface area contributed by atoms with Gasteiger partial charge < -0.3 is 4.74 Å². The molecule has 0 radical (unpaired) electrons. The maximum absolute atomic E-state index is 6.00. The summed E-state index contributed by atoms with van der Waals surface area (Å²) in [5, 5.41) is 0. The molecule has 0 aliphatic carbocycles. The minimum Gasteiger partial charge on any atom is -0.485 e. The lowest BCUT2D eigenvalue weighted by Gasteiger charge is -2.24. The average Bonchev–Trinajstić information content (AvgIpc) is 2.39. The fraction of sp³-hybridized carbons (Fsp3) is 0.176. The maximum atomic E-state index is 6.00. The molecular weight excluding hydrogens is 220 g/mol. The van der Waals surface area contributed by atoms with Gasteiger partial charge in [-0.15, -0.1) is 0 Å². The lowest BCUT2D eigenvalue weighted by atomic mass is 9.98. The van der Waals surface area contributed by atoms with Crippen LogP contribution in [0.3, 0.4) is 0 Å². The van der Waals surface area contributed by atoms with E-state index >= 15 is 0 Å². The topological polar surface area (TPSA) is 9.23 Å². The lowest BCUT2D eigenvalue weighted by Crippen LogP contribution is -2.06. The molecule has 0 saturated heterocycles. The molecule has 2 aromatic carbocycles. The second kappa shape index (κ2) is 4.34. The number of benzene rings is 2. The quantitative estimate of drug-likeness (QED) is 0.704. The molecule has 0 amide bonds. The van der Waals surface area contributed by atoms with Gasteiger partial charge in [0.15, 0.2) is 0 Å². The predicted molar refractivity (Wildman–Crippen MR) is 75.0 cm³/mol. The number of fused-ring (bicyclic) bond motifs is 1. The van der Waals surface area contributed by atoms with E-state index in [9.17, 15) is 0 Å². The molecule has 2 aromatic rings. The van der Waals surface area contributed by atoms with E-state index in [-0.39, 0.29) is 6.10 Å². The predicted octanol–water partition coefficient (Wildman–Crippen LogP) is 4.58. The van der Waals surface area contributed by atoms with E-state index in [1.807, 2.05) is 0 Å². The first-order chi connectivity index (χ1) is 8.74. The van der Waals surface area contributed by atoms with Gasteiger partial charge in [0, 0.05) is 5.56 Å². The van der Waals surface area contributed by atoms with E-state index in [0.29, 0.717) is 0 Å². The molecular formula is C17H16O. The molecule has 1 heterocycles. The largest absolute Gasteiger partial charge is 0.485 e. The fourth-order valence-electron chi connectivity index (χ4n) is 2.31. The molecule has 90 valence electrons. The van der Waals surface area contributed by atoms with E-state index in [4.69, 9.17) is 4.74 Å². The number of aryl methyl sites for hydroxylation is 1. The van der Waals surface area contributed by atoms with Crippen molar-refractivity contribution in [3.8, 4) is 0 Å². The Kier molecular flexibility index (Phi) is 2.67. The van der Waals surface area contributed by atoms with Crippen LogP contribution in [0, 0.1) is 6.92 Å². The van der Waals surface area contributed by atoms with Crippen LogP contribution in [-0.4, -0.2) is 0 Å². The zero-order valence-corrected chi connectivity index (χ0v) is 10.7. The van der Waals surface area contributed by atoms with Gasteiger partial charge in [0.2, 0.25) is 0 Å². The van der Waals surface area contributed by atoms with Gasteiger partial charge >= 0.3 is 0 Å². The molecule has 0 fully saturated rings. The summed E-state index contributed by atoms with van der Waals surface area (Å²) in [7, 11) is 0. The van der Waals surface area contributed by atoms with Gasteiger partial charge in [-0.25, -0.2) is 0 Å². The van der Waals surface area contributed by atoms with Crippen LogP contribution in [0.5, 0.6) is 0 Å². The fourth-order valence-corrected chi connectivity index (χ4v) is 2.31. The van der Waals surface area contributed by atoms with Crippen molar-refractivity contribution >= 4 is 11.8 Å². The third kappa shape index (κ3) is 1.92. The molecule has 0 aromatic heterocycles. The van der Waals surface area contributed by atoms with E-state index in [1.165, 1.54) is 16.7 Å². The van der Waals surface area contributed by atoms with Crippen molar-refractivity contribution < 1.29 is 4.74 Å².